The average Bonchev–Trinajstić information content (AvgIpc) is 3.01. The van der Waals surface area contributed by atoms with Crippen LogP contribution in [-0.4, -0.2) is 44.4 Å². The van der Waals surface area contributed by atoms with Gasteiger partial charge in [-0.1, -0.05) is 11.3 Å². The molecule has 0 bridgehead atoms. The number of amides is 1. The zero-order valence-corrected chi connectivity index (χ0v) is 16.3. The minimum absolute atomic E-state index is 0.0744. The van der Waals surface area contributed by atoms with Crippen molar-refractivity contribution in [3.63, 3.8) is 0 Å². The average molecular weight is 396 g/mol. The van der Waals surface area contributed by atoms with Crippen LogP contribution in [0, 0.1) is 6.92 Å². The lowest BCUT2D eigenvalue weighted by molar-refractivity contribution is 0.0728. The van der Waals surface area contributed by atoms with Crippen LogP contribution in [0.5, 0.6) is 5.75 Å². The Morgan fingerprint density at radius 2 is 1.85 bits per heavy atom. The maximum Gasteiger partial charge on any atom is 0.265 e. The molecule has 2 aromatic rings. The van der Waals surface area contributed by atoms with Gasteiger partial charge in [-0.25, -0.2) is 13.4 Å². The summed E-state index contributed by atoms with van der Waals surface area (Å²) in [6.07, 6.45) is 3.14. The van der Waals surface area contributed by atoms with E-state index in [2.05, 4.69) is 9.71 Å². The van der Waals surface area contributed by atoms with Crippen molar-refractivity contribution in [3.8, 4) is 5.75 Å². The number of benzene rings is 1. The van der Waals surface area contributed by atoms with Crippen LogP contribution < -0.4 is 9.46 Å². The van der Waals surface area contributed by atoms with Crippen molar-refractivity contribution in [3.05, 3.63) is 34.8 Å². The van der Waals surface area contributed by atoms with Crippen LogP contribution in [0.2, 0.25) is 0 Å². The zero-order chi connectivity index (χ0) is 18.7. The fourth-order valence-electron chi connectivity index (χ4n) is 2.81. The first-order chi connectivity index (χ1) is 12.4. The van der Waals surface area contributed by atoms with Crippen LogP contribution in [0.15, 0.2) is 29.2 Å². The van der Waals surface area contributed by atoms with Gasteiger partial charge in [0.15, 0.2) is 5.13 Å². The Morgan fingerprint density at radius 1 is 1.19 bits per heavy atom. The number of ether oxygens (including phenoxy) is 1. The molecule has 0 saturated carbocycles. The highest BCUT2D eigenvalue weighted by molar-refractivity contribution is 7.93. The van der Waals surface area contributed by atoms with Crippen molar-refractivity contribution in [2.24, 2.45) is 0 Å². The lowest BCUT2D eigenvalue weighted by atomic mass is 10.1. The number of carbonyl (C=O) groups is 1. The molecule has 1 N–H and O–H groups in total. The van der Waals surface area contributed by atoms with Gasteiger partial charge in [-0.2, -0.15) is 0 Å². The van der Waals surface area contributed by atoms with Gasteiger partial charge in [0.05, 0.1) is 17.7 Å². The Labute approximate surface area is 157 Å². The summed E-state index contributed by atoms with van der Waals surface area (Å²) in [6, 6.07) is 6.07. The van der Waals surface area contributed by atoms with Gasteiger partial charge >= 0.3 is 0 Å². The fourth-order valence-corrected chi connectivity index (χ4v) is 4.98. The molecule has 0 radical (unpaired) electrons. The first-order valence-corrected chi connectivity index (χ1v) is 10.6. The van der Waals surface area contributed by atoms with Crippen LogP contribution in [0.4, 0.5) is 5.13 Å². The third-order valence-corrected chi connectivity index (χ3v) is 6.77. The van der Waals surface area contributed by atoms with E-state index in [1.54, 1.807) is 19.1 Å². The van der Waals surface area contributed by atoms with E-state index >= 15 is 0 Å². The summed E-state index contributed by atoms with van der Waals surface area (Å²) >= 11 is 1.07. The van der Waals surface area contributed by atoms with E-state index in [1.807, 2.05) is 4.90 Å². The maximum atomic E-state index is 12.6. The number of sulfonamides is 1. The molecule has 1 aliphatic heterocycles. The first-order valence-electron chi connectivity index (χ1n) is 8.34. The molecule has 26 heavy (non-hydrogen) atoms. The van der Waals surface area contributed by atoms with Crippen molar-refractivity contribution >= 4 is 32.4 Å². The van der Waals surface area contributed by atoms with Crippen molar-refractivity contribution in [2.45, 2.75) is 31.1 Å². The van der Waals surface area contributed by atoms with Crippen LogP contribution in [0.25, 0.3) is 0 Å². The molecule has 0 spiro atoms. The summed E-state index contributed by atoms with van der Waals surface area (Å²) in [5, 5.41) is 0.193. The van der Waals surface area contributed by atoms with Gasteiger partial charge in [0, 0.05) is 13.1 Å². The zero-order valence-electron chi connectivity index (χ0n) is 14.7. The van der Waals surface area contributed by atoms with E-state index in [4.69, 9.17) is 4.74 Å². The number of piperidine rings is 1. The Morgan fingerprint density at radius 3 is 2.46 bits per heavy atom. The SMILES string of the molecule is COc1ccc(S(=O)(=O)Nc2nc(C)c(C(=O)N3CCCCC3)s2)cc1. The number of hydrogen-bond donors (Lipinski definition) is 1. The Kier molecular flexibility index (Phi) is 5.47. The molecule has 1 saturated heterocycles. The summed E-state index contributed by atoms with van der Waals surface area (Å²) < 4.78 is 32.5. The summed E-state index contributed by atoms with van der Waals surface area (Å²) in [6.45, 7) is 3.20. The molecular weight excluding hydrogens is 374 g/mol. The molecule has 7 nitrogen and oxygen atoms in total. The molecule has 2 heterocycles. The topological polar surface area (TPSA) is 88.6 Å². The third-order valence-electron chi connectivity index (χ3n) is 4.23. The largest absolute Gasteiger partial charge is 0.497 e. The predicted octanol–water partition coefficient (Wildman–Crippen LogP) is 2.89. The van der Waals surface area contributed by atoms with Crippen molar-refractivity contribution < 1.29 is 17.9 Å². The van der Waals surface area contributed by atoms with Gasteiger partial charge in [0.1, 0.15) is 10.6 Å². The molecule has 0 unspecified atom stereocenters. The highest BCUT2D eigenvalue weighted by atomic mass is 32.2. The molecule has 140 valence electrons. The van der Waals surface area contributed by atoms with Gasteiger partial charge in [-0.15, -0.1) is 0 Å². The minimum Gasteiger partial charge on any atom is -0.497 e. The van der Waals surface area contributed by atoms with E-state index < -0.39 is 10.0 Å². The molecule has 0 atom stereocenters. The number of rotatable bonds is 5. The van der Waals surface area contributed by atoms with E-state index in [1.165, 1.54) is 19.2 Å². The molecule has 1 aliphatic rings. The third kappa shape index (κ3) is 3.99. The number of anilines is 1. The minimum atomic E-state index is -3.77. The number of nitrogens with one attached hydrogen (secondary N) is 1. The quantitative estimate of drug-likeness (QED) is 0.841. The lowest BCUT2D eigenvalue weighted by Crippen LogP contribution is -2.35. The van der Waals surface area contributed by atoms with Gasteiger partial charge in [0.2, 0.25) is 0 Å². The van der Waals surface area contributed by atoms with Crippen LogP contribution >= 0.6 is 11.3 Å². The lowest BCUT2D eigenvalue weighted by Gasteiger charge is -2.26. The van der Waals surface area contributed by atoms with E-state index in [0.717, 1.165) is 43.7 Å². The van der Waals surface area contributed by atoms with Crippen molar-refractivity contribution in [1.82, 2.24) is 9.88 Å². The normalized spacial score (nSPS) is 14.9. The molecule has 3 rings (SSSR count). The monoisotopic (exact) mass is 395 g/mol. The summed E-state index contributed by atoms with van der Waals surface area (Å²) in [7, 11) is -2.26. The Balaban J connectivity index is 1.78. The Hall–Kier alpha value is -2.13. The highest BCUT2D eigenvalue weighted by Crippen LogP contribution is 2.27. The molecular formula is C17H21N3O4S2. The summed E-state index contributed by atoms with van der Waals surface area (Å²) in [5.74, 6) is 0.498. The molecule has 0 aliphatic carbocycles. The highest BCUT2D eigenvalue weighted by Gasteiger charge is 2.24. The van der Waals surface area contributed by atoms with Crippen molar-refractivity contribution in [1.29, 1.82) is 0 Å². The van der Waals surface area contributed by atoms with E-state index in [0.29, 0.717) is 16.3 Å². The van der Waals surface area contributed by atoms with Crippen LogP contribution in [0.3, 0.4) is 0 Å². The molecule has 9 heteroatoms. The standard InChI is InChI=1S/C17H21N3O4S2/c1-12-15(16(21)20-10-4-3-5-11-20)25-17(18-12)19-26(22,23)14-8-6-13(24-2)7-9-14/h6-9H,3-5,10-11H2,1-2H3,(H,18,19). The van der Waals surface area contributed by atoms with Gasteiger partial charge in [-0.05, 0) is 50.5 Å². The molecule has 1 aromatic carbocycles. The second-order valence-corrected chi connectivity index (χ2v) is 8.75. The number of aryl methyl sites for hydroxylation is 1. The maximum absolute atomic E-state index is 12.6. The van der Waals surface area contributed by atoms with Crippen LogP contribution in [-0.2, 0) is 10.0 Å². The summed E-state index contributed by atoms with van der Waals surface area (Å²) in [5.41, 5.74) is 0.540. The molecule has 1 fully saturated rings. The van der Waals surface area contributed by atoms with E-state index in [-0.39, 0.29) is 15.9 Å². The number of nitrogens with zero attached hydrogens (tertiary/aromatic N) is 2. The number of carbonyl (C=O) groups excluding carboxylic acids is 1. The first kappa shape index (κ1) is 18.7. The van der Waals surface area contributed by atoms with E-state index in [9.17, 15) is 13.2 Å². The fraction of sp³-hybridized carbons (Fsp3) is 0.412. The van der Waals surface area contributed by atoms with Crippen molar-refractivity contribution in [2.75, 3.05) is 24.9 Å². The number of methoxy groups -OCH3 is 1. The summed E-state index contributed by atoms with van der Waals surface area (Å²) in [4.78, 5) is 19.3. The predicted molar refractivity (Wildman–Crippen MR) is 100 cm³/mol. The number of hydrogen-bond acceptors (Lipinski definition) is 6. The van der Waals surface area contributed by atoms with Gasteiger partial charge in [-0.3, -0.25) is 9.52 Å². The smallest absolute Gasteiger partial charge is 0.265 e. The number of likely N-dealkylation sites (tertiary alicyclic amines) is 1. The Bertz CT molecular complexity index is 885. The molecule has 1 amide bonds. The second kappa shape index (κ2) is 7.63. The van der Waals surface area contributed by atoms with Crippen LogP contribution in [0.1, 0.15) is 34.6 Å². The second-order valence-electron chi connectivity index (χ2n) is 6.07. The van der Waals surface area contributed by atoms with Gasteiger partial charge in [0.25, 0.3) is 15.9 Å². The number of aromatic nitrogens is 1. The molecule has 1 aromatic heterocycles. The van der Waals surface area contributed by atoms with Gasteiger partial charge < -0.3 is 9.64 Å². The number of thiazole rings is 1.